The van der Waals surface area contributed by atoms with Crippen molar-refractivity contribution >= 4 is 22.6 Å². The van der Waals surface area contributed by atoms with Crippen LogP contribution in [0.15, 0.2) is 53.2 Å². The van der Waals surface area contributed by atoms with E-state index in [4.69, 9.17) is 4.42 Å². The lowest BCUT2D eigenvalue weighted by molar-refractivity contribution is 0.0699. The number of benzene rings is 1. The molecule has 0 saturated heterocycles. The summed E-state index contributed by atoms with van der Waals surface area (Å²) in [6.45, 7) is 0. The Labute approximate surface area is 118 Å². The lowest BCUT2D eigenvalue weighted by Gasteiger charge is -1.92. The number of rotatable bonds is 2. The Balaban J connectivity index is 1.99. The lowest BCUT2D eigenvalue weighted by Crippen LogP contribution is -1.96. The molecule has 21 heavy (non-hydrogen) atoms. The van der Waals surface area contributed by atoms with Crippen LogP contribution in [-0.2, 0) is 0 Å². The molecular formula is C15H9N3O3. The summed E-state index contributed by atoms with van der Waals surface area (Å²) in [7, 11) is 0. The van der Waals surface area contributed by atoms with Gasteiger partial charge in [0.05, 0.1) is 22.8 Å². The molecule has 1 N–H and O–H groups in total. The molecule has 6 heteroatoms. The van der Waals surface area contributed by atoms with Gasteiger partial charge < -0.3 is 9.52 Å². The first-order chi connectivity index (χ1) is 10.2. The third-order valence-corrected chi connectivity index (χ3v) is 3.31. The smallest absolute Gasteiger partial charge is 0.338 e. The molecular weight excluding hydrogens is 270 g/mol. The summed E-state index contributed by atoms with van der Waals surface area (Å²) in [6, 6.07) is 10.5. The van der Waals surface area contributed by atoms with Gasteiger partial charge in [-0.15, -0.1) is 0 Å². The predicted molar refractivity (Wildman–Crippen MR) is 75.2 cm³/mol. The maximum Gasteiger partial charge on any atom is 0.338 e. The van der Waals surface area contributed by atoms with Gasteiger partial charge in [0.15, 0.2) is 5.58 Å². The molecule has 0 saturated carbocycles. The maximum atomic E-state index is 11.2. The second kappa shape index (κ2) is 4.17. The van der Waals surface area contributed by atoms with E-state index in [9.17, 15) is 9.90 Å². The van der Waals surface area contributed by atoms with Crippen LogP contribution in [0.4, 0.5) is 0 Å². The van der Waals surface area contributed by atoms with Crippen LogP contribution in [0.3, 0.4) is 0 Å². The fourth-order valence-electron chi connectivity index (χ4n) is 2.34. The lowest BCUT2D eigenvalue weighted by atomic mass is 10.2. The van der Waals surface area contributed by atoms with E-state index in [2.05, 4.69) is 10.1 Å². The van der Waals surface area contributed by atoms with Gasteiger partial charge in [-0.2, -0.15) is 5.10 Å². The molecule has 4 rings (SSSR count). The number of carboxylic acids is 1. The summed E-state index contributed by atoms with van der Waals surface area (Å²) in [4.78, 5) is 15.6. The van der Waals surface area contributed by atoms with Gasteiger partial charge in [-0.1, -0.05) is 12.1 Å². The number of nitrogens with zero attached hydrogens (tertiary/aromatic N) is 3. The second-order valence-corrected chi connectivity index (χ2v) is 4.57. The van der Waals surface area contributed by atoms with Crippen LogP contribution in [0.25, 0.3) is 28.1 Å². The van der Waals surface area contributed by atoms with Crippen LogP contribution < -0.4 is 0 Å². The van der Waals surface area contributed by atoms with Crippen molar-refractivity contribution in [1.82, 2.24) is 14.6 Å². The number of oxazole rings is 1. The van der Waals surface area contributed by atoms with Crippen LogP contribution in [0.1, 0.15) is 10.4 Å². The molecule has 0 fully saturated rings. The third-order valence-electron chi connectivity index (χ3n) is 3.31. The molecule has 0 atom stereocenters. The molecule has 3 heterocycles. The van der Waals surface area contributed by atoms with Crippen molar-refractivity contribution < 1.29 is 14.3 Å². The predicted octanol–water partition coefficient (Wildman–Crippen LogP) is 2.84. The van der Waals surface area contributed by atoms with E-state index in [-0.39, 0.29) is 5.56 Å². The number of para-hydroxylation sites is 1. The Morgan fingerprint density at radius 1 is 1.19 bits per heavy atom. The van der Waals surface area contributed by atoms with Crippen molar-refractivity contribution in [3.63, 3.8) is 0 Å². The van der Waals surface area contributed by atoms with Crippen molar-refractivity contribution in [2.45, 2.75) is 0 Å². The van der Waals surface area contributed by atoms with Crippen LogP contribution in [0.2, 0.25) is 0 Å². The SMILES string of the molecule is O=C(O)c1cccc2oc(-c3cnn4ccccc34)nc12. The first-order valence-corrected chi connectivity index (χ1v) is 6.29. The number of carbonyl (C=O) groups is 1. The topological polar surface area (TPSA) is 80.6 Å². The van der Waals surface area contributed by atoms with Crippen LogP contribution in [0, 0.1) is 0 Å². The van der Waals surface area contributed by atoms with Gasteiger partial charge in [0.1, 0.15) is 5.52 Å². The summed E-state index contributed by atoms with van der Waals surface area (Å²) in [5.74, 6) is -0.666. The first-order valence-electron chi connectivity index (χ1n) is 6.29. The van der Waals surface area contributed by atoms with Gasteiger partial charge in [0, 0.05) is 6.20 Å². The van der Waals surface area contributed by atoms with Crippen molar-refractivity contribution in [2.75, 3.05) is 0 Å². The Morgan fingerprint density at radius 2 is 2.10 bits per heavy atom. The van der Waals surface area contributed by atoms with E-state index >= 15 is 0 Å². The van der Waals surface area contributed by atoms with Gasteiger partial charge in [0.2, 0.25) is 5.89 Å². The highest BCUT2D eigenvalue weighted by molar-refractivity contribution is 6.01. The molecule has 0 radical (unpaired) electrons. The first kappa shape index (κ1) is 11.7. The quantitative estimate of drug-likeness (QED) is 0.610. The zero-order chi connectivity index (χ0) is 14.4. The molecule has 0 aliphatic carbocycles. The van der Waals surface area contributed by atoms with Crippen molar-refractivity contribution in [3.8, 4) is 11.5 Å². The minimum atomic E-state index is -1.03. The van der Waals surface area contributed by atoms with E-state index in [1.54, 1.807) is 22.8 Å². The molecule has 0 aliphatic heterocycles. The van der Waals surface area contributed by atoms with Gasteiger partial charge >= 0.3 is 5.97 Å². The highest BCUT2D eigenvalue weighted by Crippen LogP contribution is 2.28. The van der Waals surface area contributed by atoms with E-state index in [1.165, 1.54) is 6.07 Å². The minimum absolute atomic E-state index is 0.124. The average molecular weight is 279 g/mol. The Bertz CT molecular complexity index is 984. The Kier molecular flexibility index (Phi) is 2.32. The van der Waals surface area contributed by atoms with E-state index in [0.29, 0.717) is 17.0 Å². The fraction of sp³-hybridized carbons (Fsp3) is 0. The highest BCUT2D eigenvalue weighted by Gasteiger charge is 2.17. The zero-order valence-electron chi connectivity index (χ0n) is 10.7. The fourth-order valence-corrected chi connectivity index (χ4v) is 2.34. The van der Waals surface area contributed by atoms with Gasteiger partial charge in [-0.3, -0.25) is 0 Å². The van der Waals surface area contributed by atoms with Gasteiger partial charge in [-0.05, 0) is 24.3 Å². The summed E-state index contributed by atoms with van der Waals surface area (Å²) in [5, 5.41) is 13.4. The van der Waals surface area contributed by atoms with Crippen molar-refractivity contribution in [2.24, 2.45) is 0 Å². The summed E-state index contributed by atoms with van der Waals surface area (Å²) >= 11 is 0. The maximum absolute atomic E-state index is 11.2. The number of hydrogen-bond donors (Lipinski definition) is 1. The van der Waals surface area contributed by atoms with Crippen LogP contribution in [0.5, 0.6) is 0 Å². The largest absolute Gasteiger partial charge is 0.478 e. The van der Waals surface area contributed by atoms with Crippen molar-refractivity contribution in [1.29, 1.82) is 0 Å². The standard InChI is InChI=1S/C15H9N3O3/c19-15(20)9-4-3-6-12-13(9)17-14(21-12)10-8-16-18-7-2-1-5-11(10)18/h1-8H,(H,19,20). The van der Waals surface area contributed by atoms with Gasteiger partial charge in [0.25, 0.3) is 0 Å². The monoisotopic (exact) mass is 279 g/mol. The second-order valence-electron chi connectivity index (χ2n) is 4.57. The summed E-state index contributed by atoms with van der Waals surface area (Å²) < 4.78 is 7.39. The molecule has 0 spiro atoms. The van der Waals surface area contributed by atoms with Crippen LogP contribution in [-0.4, -0.2) is 25.7 Å². The highest BCUT2D eigenvalue weighted by atomic mass is 16.4. The molecule has 6 nitrogen and oxygen atoms in total. The minimum Gasteiger partial charge on any atom is -0.478 e. The zero-order valence-corrected chi connectivity index (χ0v) is 10.7. The van der Waals surface area contributed by atoms with Crippen molar-refractivity contribution in [3.05, 3.63) is 54.4 Å². The van der Waals surface area contributed by atoms with E-state index < -0.39 is 5.97 Å². The molecule has 3 aromatic heterocycles. The van der Waals surface area contributed by atoms with E-state index in [1.807, 2.05) is 24.4 Å². The average Bonchev–Trinajstić information content (AvgIpc) is 3.09. The molecule has 4 aromatic rings. The number of aromatic carboxylic acids is 1. The molecule has 1 aromatic carbocycles. The number of fused-ring (bicyclic) bond motifs is 2. The molecule has 0 amide bonds. The normalized spacial score (nSPS) is 11.2. The number of carboxylic acid groups (broad SMARTS) is 1. The Morgan fingerprint density at radius 3 is 2.95 bits per heavy atom. The summed E-state index contributed by atoms with van der Waals surface area (Å²) in [5.41, 5.74) is 2.48. The van der Waals surface area contributed by atoms with Gasteiger partial charge in [-0.25, -0.2) is 14.3 Å². The molecule has 0 unspecified atom stereocenters. The third kappa shape index (κ3) is 1.69. The number of aromatic nitrogens is 3. The number of pyridine rings is 1. The molecule has 0 bridgehead atoms. The van der Waals surface area contributed by atoms with E-state index in [0.717, 1.165) is 11.1 Å². The van der Waals surface area contributed by atoms with Crippen LogP contribution >= 0.6 is 0 Å². The Hall–Kier alpha value is -3.15. The number of hydrogen-bond acceptors (Lipinski definition) is 4. The summed E-state index contributed by atoms with van der Waals surface area (Å²) in [6.07, 6.45) is 3.48. The molecule has 0 aliphatic rings. The molecule has 102 valence electrons.